The van der Waals surface area contributed by atoms with Crippen molar-refractivity contribution in [2.75, 3.05) is 0 Å². The van der Waals surface area contributed by atoms with E-state index in [2.05, 4.69) is 15.3 Å². The topological polar surface area (TPSA) is 54.4 Å². The van der Waals surface area contributed by atoms with Crippen molar-refractivity contribution in [2.24, 2.45) is 4.99 Å². The highest BCUT2D eigenvalue weighted by Crippen LogP contribution is 2.02. The fourth-order valence-corrected chi connectivity index (χ4v) is 1.08. The first-order chi connectivity index (χ1) is 6.90. The van der Waals surface area contributed by atoms with Crippen molar-refractivity contribution < 1.29 is 4.79 Å². The molecule has 0 aliphatic carbocycles. The molecule has 1 aliphatic heterocycles. The summed E-state index contributed by atoms with van der Waals surface area (Å²) in [7, 11) is 0. The molecule has 0 spiro atoms. The molecule has 0 aromatic carbocycles. The maximum Gasteiger partial charge on any atom is 0.156 e. The van der Waals surface area contributed by atoms with Crippen LogP contribution in [0.25, 0.3) is 0 Å². The number of aromatic nitrogens is 1. The summed E-state index contributed by atoms with van der Waals surface area (Å²) >= 11 is 0. The molecule has 4 heteroatoms. The summed E-state index contributed by atoms with van der Waals surface area (Å²) < 4.78 is 0. The van der Waals surface area contributed by atoms with E-state index in [1.807, 2.05) is 18.2 Å². The molecule has 0 radical (unpaired) electrons. The van der Waals surface area contributed by atoms with Gasteiger partial charge in [0.15, 0.2) is 11.8 Å². The molecule has 0 unspecified atom stereocenters. The Morgan fingerprint density at radius 1 is 1.36 bits per heavy atom. The van der Waals surface area contributed by atoms with Crippen LogP contribution in [-0.4, -0.2) is 16.8 Å². The van der Waals surface area contributed by atoms with Gasteiger partial charge in [0.1, 0.15) is 11.4 Å². The van der Waals surface area contributed by atoms with Crippen molar-refractivity contribution in [1.29, 1.82) is 0 Å². The Bertz CT molecular complexity index is 442. The zero-order valence-electron chi connectivity index (χ0n) is 7.27. The third-order valence-electron chi connectivity index (χ3n) is 1.72. The normalized spacial score (nSPS) is 14.3. The van der Waals surface area contributed by atoms with E-state index in [9.17, 15) is 4.79 Å². The van der Waals surface area contributed by atoms with Crippen molar-refractivity contribution in [2.45, 2.75) is 0 Å². The first kappa shape index (κ1) is 8.41. The lowest BCUT2D eigenvalue weighted by Gasteiger charge is -2.09. The van der Waals surface area contributed by atoms with Crippen LogP contribution in [0.5, 0.6) is 0 Å². The average Bonchev–Trinajstić information content (AvgIpc) is 2.30. The number of aliphatic imine (C=N–C) groups is 1. The van der Waals surface area contributed by atoms with E-state index < -0.39 is 0 Å². The number of amidine groups is 1. The van der Waals surface area contributed by atoms with Gasteiger partial charge < -0.3 is 5.32 Å². The minimum atomic E-state index is 0.362. The summed E-state index contributed by atoms with van der Waals surface area (Å²) in [5.74, 6) is 2.33. The predicted octanol–water partition coefficient (Wildman–Crippen LogP) is 0.661. The molecule has 1 aromatic heterocycles. The van der Waals surface area contributed by atoms with Crippen LogP contribution in [0.2, 0.25) is 0 Å². The number of rotatable bonds is 1. The molecule has 0 atom stereocenters. The molecule has 0 bridgehead atoms. The van der Waals surface area contributed by atoms with Gasteiger partial charge in [-0.25, -0.2) is 9.79 Å². The third-order valence-corrected chi connectivity index (χ3v) is 1.72. The van der Waals surface area contributed by atoms with Crippen LogP contribution in [0.1, 0.15) is 5.69 Å². The lowest BCUT2D eigenvalue weighted by Crippen LogP contribution is -2.26. The van der Waals surface area contributed by atoms with Crippen LogP contribution in [0, 0.1) is 0 Å². The summed E-state index contributed by atoms with van der Waals surface area (Å²) in [6, 6.07) is 5.49. The highest BCUT2D eigenvalue weighted by molar-refractivity contribution is 6.00. The lowest BCUT2D eigenvalue weighted by molar-refractivity contribution is 0.566. The second-order valence-corrected chi connectivity index (χ2v) is 2.65. The Balaban J connectivity index is 2.34. The number of nitrogens with zero attached hydrogens (tertiary/aromatic N) is 2. The van der Waals surface area contributed by atoms with Gasteiger partial charge in [-0.15, -0.1) is 0 Å². The van der Waals surface area contributed by atoms with E-state index in [1.165, 1.54) is 0 Å². The molecule has 1 N–H and O–H groups in total. The zero-order valence-corrected chi connectivity index (χ0v) is 7.27. The molecule has 0 saturated heterocycles. The van der Waals surface area contributed by atoms with Crippen molar-refractivity contribution in [3.8, 4) is 0 Å². The molecule has 4 nitrogen and oxygen atoms in total. The number of pyridine rings is 1. The van der Waals surface area contributed by atoms with Gasteiger partial charge in [0.05, 0.1) is 0 Å². The quantitative estimate of drug-likeness (QED) is 0.654. The van der Waals surface area contributed by atoms with Crippen LogP contribution in [0.3, 0.4) is 0 Å². The highest BCUT2D eigenvalue weighted by atomic mass is 16.1. The predicted molar refractivity (Wildman–Crippen MR) is 52.3 cm³/mol. The van der Waals surface area contributed by atoms with Crippen LogP contribution < -0.4 is 5.32 Å². The van der Waals surface area contributed by atoms with Gasteiger partial charge in [-0.3, -0.25) is 4.98 Å². The highest BCUT2D eigenvalue weighted by Gasteiger charge is 2.07. The first-order valence-corrected chi connectivity index (χ1v) is 4.08. The molecule has 1 aliphatic rings. The summed E-state index contributed by atoms with van der Waals surface area (Å²) in [5, 5.41) is 2.81. The van der Waals surface area contributed by atoms with Crippen molar-refractivity contribution in [1.82, 2.24) is 10.3 Å². The van der Waals surface area contributed by atoms with Gasteiger partial charge in [0, 0.05) is 12.4 Å². The van der Waals surface area contributed by atoms with E-state index in [-0.39, 0.29) is 0 Å². The monoisotopic (exact) mass is 185 g/mol. The summed E-state index contributed by atoms with van der Waals surface area (Å²) in [4.78, 5) is 18.5. The Morgan fingerprint density at radius 2 is 2.29 bits per heavy atom. The van der Waals surface area contributed by atoms with Crippen molar-refractivity contribution in [3.05, 3.63) is 48.1 Å². The molecular formula is C10H7N3O. The van der Waals surface area contributed by atoms with E-state index in [0.717, 1.165) is 0 Å². The number of carbonyl (C=O) groups excluding carboxylic acids is 1. The second-order valence-electron chi connectivity index (χ2n) is 2.65. The fourth-order valence-electron chi connectivity index (χ4n) is 1.08. The number of hydrogen-bond donors (Lipinski definition) is 1. The molecule has 2 rings (SSSR count). The number of nitrogens with one attached hydrogen (secondary N) is 1. The maximum atomic E-state index is 10.4. The van der Waals surface area contributed by atoms with Crippen LogP contribution in [-0.2, 0) is 4.79 Å². The molecule has 14 heavy (non-hydrogen) atoms. The van der Waals surface area contributed by atoms with Gasteiger partial charge in [-0.05, 0) is 18.2 Å². The van der Waals surface area contributed by atoms with Gasteiger partial charge in [0.25, 0.3) is 0 Å². The average molecular weight is 185 g/mol. The van der Waals surface area contributed by atoms with E-state index in [0.29, 0.717) is 17.2 Å². The van der Waals surface area contributed by atoms with Crippen molar-refractivity contribution in [3.63, 3.8) is 0 Å². The van der Waals surface area contributed by atoms with Crippen LogP contribution in [0.15, 0.2) is 47.4 Å². The molecule has 0 amide bonds. The molecular weight excluding hydrogens is 178 g/mol. The summed E-state index contributed by atoms with van der Waals surface area (Å²) in [6.07, 6.45) is 4.77. The molecule has 0 fully saturated rings. The Hall–Kier alpha value is -2.19. The molecule has 68 valence electrons. The second kappa shape index (κ2) is 3.68. The fraction of sp³-hybridized carbons (Fsp3) is 0. The number of hydrogen-bond acceptors (Lipinski definition) is 4. The smallest absolute Gasteiger partial charge is 0.156 e. The Kier molecular flexibility index (Phi) is 2.21. The minimum absolute atomic E-state index is 0.362. The lowest BCUT2D eigenvalue weighted by atomic mass is 10.3. The van der Waals surface area contributed by atoms with E-state index in [1.54, 1.807) is 24.4 Å². The number of allylic oxidation sites excluding steroid dienone is 1. The molecule has 2 heterocycles. The largest absolute Gasteiger partial charge is 0.329 e. The van der Waals surface area contributed by atoms with Gasteiger partial charge in [0.2, 0.25) is 0 Å². The standard InChI is InChI=1S/C10H7N3O/c14-7-8-4-6-12-10(13-8)9-3-1-2-5-11-9/h1-6H,(H,12,13). The maximum absolute atomic E-state index is 10.4. The van der Waals surface area contributed by atoms with Gasteiger partial charge >= 0.3 is 0 Å². The Morgan fingerprint density at radius 3 is 3.00 bits per heavy atom. The summed E-state index contributed by atoms with van der Waals surface area (Å²) in [6.45, 7) is 0. The third kappa shape index (κ3) is 1.60. The molecule has 0 saturated carbocycles. The Labute approximate surface area is 80.7 Å². The van der Waals surface area contributed by atoms with Gasteiger partial charge in [-0.1, -0.05) is 6.07 Å². The summed E-state index contributed by atoms with van der Waals surface area (Å²) in [5.41, 5.74) is 1.06. The van der Waals surface area contributed by atoms with Crippen LogP contribution >= 0.6 is 0 Å². The zero-order chi connectivity index (χ0) is 9.80. The van der Waals surface area contributed by atoms with E-state index >= 15 is 0 Å². The van der Waals surface area contributed by atoms with E-state index in [4.69, 9.17) is 0 Å². The molecule has 1 aromatic rings. The van der Waals surface area contributed by atoms with Crippen LogP contribution in [0.4, 0.5) is 0 Å². The van der Waals surface area contributed by atoms with Crippen molar-refractivity contribution >= 4 is 11.8 Å². The van der Waals surface area contributed by atoms with Gasteiger partial charge in [-0.2, -0.15) is 0 Å². The minimum Gasteiger partial charge on any atom is -0.329 e. The first-order valence-electron chi connectivity index (χ1n) is 4.08. The SMILES string of the molecule is O=C=C1C=CN=C(c2ccccn2)N1.